The molecule has 4 N–H and O–H groups in total. The van der Waals surface area contributed by atoms with E-state index in [9.17, 15) is 0 Å². The summed E-state index contributed by atoms with van der Waals surface area (Å²) in [6, 6.07) is 9.31. The molecule has 2 aromatic rings. The Hall–Kier alpha value is -2.65. The summed E-state index contributed by atoms with van der Waals surface area (Å²) >= 11 is 0. The van der Waals surface area contributed by atoms with Crippen LogP contribution in [0, 0.1) is 11.3 Å². The van der Waals surface area contributed by atoms with Crippen molar-refractivity contribution in [3.8, 4) is 6.07 Å². The third-order valence-electron chi connectivity index (χ3n) is 3.23. The molecule has 0 bridgehead atoms. The molecule has 3 rings (SSSR count). The highest BCUT2D eigenvalue weighted by molar-refractivity contribution is 5.62. The molecule has 0 amide bonds. The first-order valence-corrected chi connectivity index (χ1v) is 6.39. The largest absolute Gasteiger partial charge is 0.368 e. The van der Waals surface area contributed by atoms with Gasteiger partial charge in [-0.25, -0.2) is 4.98 Å². The second kappa shape index (κ2) is 5.15. The average molecular weight is 266 g/mol. The molecule has 2 heterocycles. The van der Waals surface area contributed by atoms with Gasteiger partial charge in [-0.2, -0.15) is 10.2 Å². The highest BCUT2D eigenvalue weighted by atomic mass is 15.1. The van der Waals surface area contributed by atoms with Gasteiger partial charge in [-0.15, -0.1) is 0 Å². The maximum Gasteiger partial charge on any atom is 0.222 e. The third-order valence-corrected chi connectivity index (χ3v) is 3.23. The molecule has 1 aliphatic heterocycles. The molecular weight excluding hydrogens is 252 g/mol. The Morgan fingerprint density at radius 2 is 2.05 bits per heavy atom. The number of rotatable bonds is 2. The van der Waals surface area contributed by atoms with Crippen molar-refractivity contribution in [2.45, 2.75) is 13.0 Å². The number of nitrogens with two attached hydrogens (primary N) is 1. The van der Waals surface area contributed by atoms with Crippen LogP contribution in [-0.2, 0) is 13.0 Å². The second-order valence-corrected chi connectivity index (χ2v) is 4.60. The van der Waals surface area contributed by atoms with E-state index in [-0.39, 0.29) is 5.95 Å². The quantitative estimate of drug-likeness (QED) is 0.758. The Bertz CT molecular complexity index is 671. The molecule has 0 fully saturated rings. The predicted molar refractivity (Wildman–Crippen MR) is 76.3 cm³/mol. The van der Waals surface area contributed by atoms with Gasteiger partial charge in [0, 0.05) is 30.8 Å². The van der Waals surface area contributed by atoms with Crippen molar-refractivity contribution in [3.63, 3.8) is 0 Å². The molecule has 0 atom stereocenters. The predicted octanol–water partition coefficient (Wildman–Crippen LogP) is 1.32. The summed E-state index contributed by atoms with van der Waals surface area (Å²) < 4.78 is 0. The summed E-state index contributed by atoms with van der Waals surface area (Å²) in [5.74, 6) is 1.01. The van der Waals surface area contributed by atoms with Crippen LogP contribution < -0.4 is 16.4 Å². The van der Waals surface area contributed by atoms with E-state index in [4.69, 9.17) is 11.0 Å². The molecule has 100 valence electrons. The summed E-state index contributed by atoms with van der Waals surface area (Å²) in [5, 5.41) is 15.3. The smallest absolute Gasteiger partial charge is 0.222 e. The van der Waals surface area contributed by atoms with Gasteiger partial charge in [-0.3, -0.25) is 0 Å². The third kappa shape index (κ3) is 2.39. The van der Waals surface area contributed by atoms with Crippen LogP contribution in [0.2, 0.25) is 0 Å². The normalized spacial score (nSPS) is 13.3. The number of anilines is 3. The van der Waals surface area contributed by atoms with E-state index < -0.39 is 0 Å². The van der Waals surface area contributed by atoms with E-state index in [0.717, 1.165) is 42.3 Å². The van der Waals surface area contributed by atoms with Crippen molar-refractivity contribution in [1.29, 1.82) is 5.26 Å². The van der Waals surface area contributed by atoms with Crippen LogP contribution in [-0.4, -0.2) is 16.5 Å². The molecule has 6 nitrogen and oxygen atoms in total. The molecule has 6 heteroatoms. The molecular formula is C14H14N6. The number of nitrogen functional groups attached to an aromatic ring is 1. The fourth-order valence-electron chi connectivity index (χ4n) is 2.23. The van der Waals surface area contributed by atoms with Crippen molar-refractivity contribution < 1.29 is 0 Å². The average Bonchev–Trinajstić information content (AvgIpc) is 2.48. The number of nitrogens with zero attached hydrogens (tertiary/aromatic N) is 3. The number of fused-ring (bicyclic) bond motifs is 1. The van der Waals surface area contributed by atoms with Gasteiger partial charge >= 0.3 is 0 Å². The minimum absolute atomic E-state index is 0.279. The highest BCUT2D eigenvalue weighted by Gasteiger charge is 2.16. The number of aromatic nitrogens is 2. The maximum absolute atomic E-state index is 8.80. The lowest BCUT2D eigenvalue weighted by Crippen LogP contribution is -2.26. The van der Waals surface area contributed by atoms with Crippen molar-refractivity contribution >= 4 is 17.5 Å². The molecule has 1 aliphatic rings. The van der Waals surface area contributed by atoms with Crippen molar-refractivity contribution in [1.82, 2.24) is 15.3 Å². The molecule has 0 unspecified atom stereocenters. The van der Waals surface area contributed by atoms with Gasteiger partial charge in [0.1, 0.15) is 5.82 Å². The van der Waals surface area contributed by atoms with E-state index in [2.05, 4.69) is 26.7 Å². The van der Waals surface area contributed by atoms with Crippen molar-refractivity contribution in [2.24, 2.45) is 0 Å². The summed E-state index contributed by atoms with van der Waals surface area (Å²) in [7, 11) is 0. The van der Waals surface area contributed by atoms with Gasteiger partial charge in [-0.1, -0.05) is 0 Å². The first-order chi connectivity index (χ1) is 9.76. The van der Waals surface area contributed by atoms with Gasteiger partial charge in [0.25, 0.3) is 0 Å². The summed E-state index contributed by atoms with van der Waals surface area (Å²) in [6.07, 6.45) is 0.851. The van der Waals surface area contributed by atoms with Gasteiger partial charge in [0.05, 0.1) is 17.3 Å². The Morgan fingerprint density at radius 3 is 2.80 bits per heavy atom. The van der Waals surface area contributed by atoms with Crippen LogP contribution in [0.1, 0.15) is 16.8 Å². The zero-order valence-electron chi connectivity index (χ0n) is 10.8. The Morgan fingerprint density at radius 1 is 1.25 bits per heavy atom. The molecule has 0 aliphatic carbocycles. The molecule has 0 spiro atoms. The zero-order valence-corrected chi connectivity index (χ0v) is 10.8. The summed E-state index contributed by atoms with van der Waals surface area (Å²) in [5.41, 5.74) is 9.30. The lowest BCUT2D eigenvalue weighted by molar-refractivity contribution is 0.629. The van der Waals surface area contributed by atoms with E-state index in [1.165, 1.54) is 0 Å². The number of nitrogens with one attached hydrogen (secondary N) is 2. The van der Waals surface area contributed by atoms with Gasteiger partial charge in [0.2, 0.25) is 5.95 Å². The molecule has 20 heavy (non-hydrogen) atoms. The molecule has 0 saturated carbocycles. The fraction of sp³-hybridized carbons (Fsp3) is 0.214. The van der Waals surface area contributed by atoms with E-state index in [0.29, 0.717) is 5.56 Å². The number of benzene rings is 1. The Kier molecular flexibility index (Phi) is 3.19. The van der Waals surface area contributed by atoms with Crippen LogP contribution >= 0.6 is 0 Å². The van der Waals surface area contributed by atoms with Gasteiger partial charge < -0.3 is 16.4 Å². The molecule has 0 radical (unpaired) electrons. The van der Waals surface area contributed by atoms with E-state index in [1.807, 2.05) is 12.1 Å². The fourth-order valence-corrected chi connectivity index (χ4v) is 2.23. The standard InChI is InChI=1S/C14H14N6/c15-7-9-1-3-10(4-2-9)18-13-11-8-17-6-5-12(11)19-14(16)20-13/h1-4,17H,5-6,8H2,(H3,16,18,19,20). The maximum atomic E-state index is 8.80. The monoisotopic (exact) mass is 266 g/mol. The number of nitriles is 1. The number of hydrogen-bond donors (Lipinski definition) is 3. The Labute approximate surface area is 116 Å². The minimum atomic E-state index is 0.279. The molecule has 1 aromatic heterocycles. The SMILES string of the molecule is N#Cc1ccc(Nc2nc(N)nc3c2CNCC3)cc1. The molecule has 0 saturated heterocycles. The van der Waals surface area contributed by atoms with E-state index >= 15 is 0 Å². The lowest BCUT2D eigenvalue weighted by Gasteiger charge is -2.19. The topological polar surface area (TPSA) is 99.7 Å². The van der Waals surface area contributed by atoms with Crippen LogP contribution in [0.3, 0.4) is 0 Å². The first kappa shape index (κ1) is 12.4. The zero-order chi connectivity index (χ0) is 13.9. The van der Waals surface area contributed by atoms with Gasteiger partial charge in [-0.05, 0) is 24.3 Å². The van der Waals surface area contributed by atoms with Crippen molar-refractivity contribution in [3.05, 3.63) is 41.1 Å². The summed E-state index contributed by atoms with van der Waals surface area (Å²) in [6.45, 7) is 1.63. The van der Waals surface area contributed by atoms with Crippen molar-refractivity contribution in [2.75, 3.05) is 17.6 Å². The van der Waals surface area contributed by atoms with E-state index in [1.54, 1.807) is 12.1 Å². The van der Waals surface area contributed by atoms with Gasteiger partial charge in [0.15, 0.2) is 0 Å². The van der Waals surface area contributed by atoms with Crippen LogP contribution in [0.25, 0.3) is 0 Å². The minimum Gasteiger partial charge on any atom is -0.368 e. The summed E-state index contributed by atoms with van der Waals surface area (Å²) in [4.78, 5) is 8.56. The van der Waals surface area contributed by atoms with Crippen LogP contribution in [0.4, 0.5) is 17.5 Å². The number of hydrogen-bond acceptors (Lipinski definition) is 6. The van der Waals surface area contributed by atoms with Crippen LogP contribution in [0.5, 0.6) is 0 Å². The second-order valence-electron chi connectivity index (χ2n) is 4.60. The highest BCUT2D eigenvalue weighted by Crippen LogP contribution is 2.24. The Balaban J connectivity index is 1.93. The lowest BCUT2D eigenvalue weighted by atomic mass is 10.1. The molecule has 1 aromatic carbocycles. The first-order valence-electron chi connectivity index (χ1n) is 6.39. The van der Waals surface area contributed by atoms with Crippen LogP contribution in [0.15, 0.2) is 24.3 Å².